The lowest BCUT2D eigenvalue weighted by Gasteiger charge is -2.39. The van der Waals surface area contributed by atoms with Gasteiger partial charge in [0.25, 0.3) is 0 Å². The number of fused-ring (bicyclic) bond motifs is 2. The molecule has 1 heteroatoms. The molecular formula is C23H27N. The molecule has 1 spiro atoms. The highest BCUT2D eigenvalue weighted by Gasteiger charge is 2.37. The first-order chi connectivity index (χ1) is 11.9. The van der Waals surface area contributed by atoms with E-state index in [4.69, 9.17) is 0 Å². The molecule has 1 heterocycles. The number of nitrogens with zero attached hydrogens (tertiary/aromatic N) is 1. The lowest BCUT2D eigenvalue weighted by molar-refractivity contribution is 0.181. The fourth-order valence-corrected chi connectivity index (χ4v) is 4.36. The number of unbranched alkanes of at least 4 members (excludes halogenated alkanes) is 1. The number of allylic oxidation sites excluding steroid dienone is 1. The van der Waals surface area contributed by atoms with Gasteiger partial charge in [0.15, 0.2) is 0 Å². The van der Waals surface area contributed by atoms with E-state index in [1.54, 1.807) is 5.56 Å². The second kappa shape index (κ2) is 6.94. The Morgan fingerprint density at radius 3 is 2.42 bits per heavy atom. The molecule has 2 aromatic carbocycles. The van der Waals surface area contributed by atoms with Crippen LogP contribution in [0.4, 0.5) is 0 Å². The molecule has 0 N–H and O–H groups in total. The van der Waals surface area contributed by atoms with Crippen molar-refractivity contribution in [1.82, 2.24) is 4.90 Å². The highest BCUT2D eigenvalue weighted by molar-refractivity contribution is 5.65. The summed E-state index contributed by atoms with van der Waals surface area (Å²) >= 11 is 0. The Labute approximate surface area is 146 Å². The molecule has 124 valence electrons. The number of hydrogen-bond donors (Lipinski definition) is 0. The molecule has 0 amide bonds. The zero-order chi connectivity index (χ0) is 16.2. The number of hydrogen-bond acceptors (Lipinski definition) is 1. The van der Waals surface area contributed by atoms with Crippen molar-refractivity contribution in [2.24, 2.45) is 0 Å². The van der Waals surface area contributed by atoms with Crippen LogP contribution in [-0.4, -0.2) is 24.5 Å². The van der Waals surface area contributed by atoms with Crippen LogP contribution in [0.2, 0.25) is 0 Å². The van der Waals surface area contributed by atoms with Crippen molar-refractivity contribution in [2.75, 3.05) is 19.6 Å². The Kier molecular flexibility index (Phi) is 4.53. The molecule has 1 aliphatic heterocycles. The first-order valence-corrected chi connectivity index (χ1v) is 9.41. The number of piperidine rings is 1. The van der Waals surface area contributed by atoms with Gasteiger partial charge in [-0.3, -0.25) is 0 Å². The molecule has 4 rings (SSSR count). The molecule has 1 fully saturated rings. The Morgan fingerprint density at radius 1 is 0.833 bits per heavy atom. The lowest BCUT2D eigenvalue weighted by atomic mass is 9.74. The van der Waals surface area contributed by atoms with Gasteiger partial charge in [-0.05, 0) is 68.4 Å². The molecule has 0 radical (unpaired) electrons. The van der Waals surface area contributed by atoms with Gasteiger partial charge in [-0.15, -0.1) is 0 Å². The van der Waals surface area contributed by atoms with E-state index in [2.05, 4.69) is 71.6 Å². The summed E-state index contributed by atoms with van der Waals surface area (Å²) in [5.74, 6) is 0. The maximum absolute atomic E-state index is 2.67. The largest absolute Gasteiger partial charge is 0.303 e. The molecular weight excluding hydrogens is 290 g/mol. The van der Waals surface area contributed by atoms with Crippen molar-refractivity contribution < 1.29 is 0 Å². The Morgan fingerprint density at radius 2 is 1.58 bits per heavy atom. The molecule has 0 aromatic heterocycles. The van der Waals surface area contributed by atoms with Crippen LogP contribution in [0.25, 0.3) is 6.08 Å². The standard InChI is InChI=1S/C23H27N/c1-2-8-20(9-3-1)10-6-7-17-24-18-15-23(16-19-24)14-13-21-11-4-5-12-22(21)23/h1-5,8-9,11-14H,6-7,10,15-19H2. The fourth-order valence-electron chi connectivity index (χ4n) is 4.36. The van der Waals surface area contributed by atoms with Gasteiger partial charge in [0.05, 0.1) is 0 Å². The van der Waals surface area contributed by atoms with Crippen molar-refractivity contribution in [3.63, 3.8) is 0 Å². The highest BCUT2D eigenvalue weighted by Crippen LogP contribution is 2.43. The fraction of sp³-hybridized carbons (Fsp3) is 0.391. The second-order valence-electron chi connectivity index (χ2n) is 7.36. The minimum atomic E-state index is 0.330. The molecule has 0 bridgehead atoms. The molecule has 24 heavy (non-hydrogen) atoms. The van der Waals surface area contributed by atoms with Crippen molar-refractivity contribution in [1.29, 1.82) is 0 Å². The summed E-state index contributed by atoms with van der Waals surface area (Å²) in [6.45, 7) is 3.74. The summed E-state index contributed by atoms with van der Waals surface area (Å²) in [7, 11) is 0. The van der Waals surface area contributed by atoms with E-state index >= 15 is 0 Å². The number of aryl methyl sites for hydroxylation is 1. The Bertz CT molecular complexity index is 693. The molecule has 0 unspecified atom stereocenters. The minimum Gasteiger partial charge on any atom is -0.303 e. The van der Waals surface area contributed by atoms with Gasteiger partial charge in [0.2, 0.25) is 0 Å². The smallest absolute Gasteiger partial charge is 0.0165 e. The predicted octanol–water partition coefficient (Wildman–Crippen LogP) is 5.07. The third kappa shape index (κ3) is 3.18. The molecule has 1 aliphatic carbocycles. The van der Waals surface area contributed by atoms with Gasteiger partial charge >= 0.3 is 0 Å². The van der Waals surface area contributed by atoms with Crippen molar-refractivity contribution >= 4 is 6.08 Å². The lowest BCUT2D eigenvalue weighted by Crippen LogP contribution is -2.41. The van der Waals surface area contributed by atoms with E-state index in [9.17, 15) is 0 Å². The predicted molar refractivity (Wildman–Crippen MR) is 102 cm³/mol. The summed E-state index contributed by atoms with van der Waals surface area (Å²) in [5, 5.41) is 0. The number of likely N-dealkylation sites (tertiary alicyclic amines) is 1. The Hall–Kier alpha value is -1.86. The quantitative estimate of drug-likeness (QED) is 0.696. The van der Waals surface area contributed by atoms with E-state index < -0.39 is 0 Å². The topological polar surface area (TPSA) is 3.24 Å². The SMILES string of the molecule is C1=CC2(CCN(CCCCc3ccccc3)CC2)c2ccccc21. The van der Waals surface area contributed by atoms with E-state index in [-0.39, 0.29) is 0 Å². The Balaban J connectivity index is 1.25. The van der Waals surface area contributed by atoms with Crippen LogP contribution in [0.1, 0.15) is 42.4 Å². The molecule has 0 saturated carbocycles. The van der Waals surface area contributed by atoms with Crippen LogP contribution in [0.15, 0.2) is 60.7 Å². The van der Waals surface area contributed by atoms with Crippen molar-refractivity contribution in [3.8, 4) is 0 Å². The summed E-state index contributed by atoms with van der Waals surface area (Å²) in [5.41, 5.74) is 4.81. The monoisotopic (exact) mass is 317 g/mol. The maximum Gasteiger partial charge on any atom is 0.0165 e. The summed E-state index contributed by atoms with van der Waals surface area (Å²) in [6, 6.07) is 19.8. The molecule has 2 aliphatic rings. The van der Waals surface area contributed by atoms with E-state index in [0.717, 1.165) is 0 Å². The summed E-state index contributed by atoms with van der Waals surface area (Å²) in [6.07, 6.45) is 11.2. The zero-order valence-corrected chi connectivity index (χ0v) is 14.5. The highest BCUT2D eigenvalue weighted by atomic mass is 15.1. The van der Waals surface area contributed by atoms with Crippen LogP contribution in [0, 0.1) is 0 Å². The van der Waals surface area contributed by atoms with Crippen molar-refractivity contribution in [2.45, 2.75) is 37.5 Å². The summed E-state index contributed by atoms with van der Waals surface area (Å²) < 4.78 is 0. The van der Waals surface area contributed by atoms with Crippen LogP contribution in [-0.2, 0) is 11.8 Å². The molecule has 0 atom stereocenters. The molecule has 1 saturated heterocycles. The van der Waals surface area contributed by atoms with Gasteiger partial charge in [0.1, 0.15) is 0 Å². The first-order valence-electron chi connectivity index (χ1n) is 9.41. The number of benzene rings is 2. The van der Waals surface area contributed by atoms with Crippen LogP contribution >= 0.6 is 0 Å². The van der Waals surface area contributed by atoms with Gasteiger partial charge in [-0.2, -0.15) is 0 Å². The van der Waals surface area contributed by atoms with Gasteiger partial charge in [0, 0.05) is 5.41 Å². The van der Waals surface area contributed by atoms with Gasteiger partial charge in [-0.25, -0.2) is 0 Å². The third-order valence-corrected chi connectivity index (χ3v) is 5.86. The van der Waals surface area contributed by atoms with Gasteiger partial charge < -0.3 is 4.90 Å². The second-order valence-corrected chi connectivity index (χ2v) is 7.36. The average molecular weight is 317 g/mol. The average Bonchev–Trinajstić information content (AvgIpc) is 3.00. The van der Waals surface area contributed by atoms with Crippen molar-refractivity contribution in [3.05, 3.63) is 77.4 Å². The normalized spacial score (nSPS) is 18.8. The third-order valence-electron chi connectivity index (χ3n) is 5.86. The maximum atomic E-state index is 2.67. The van der Waals surface area contributed by atoms with E-state index in [0.29, 0.717) is 5.41 Å². The number of rotatable bonds is 5. The van der Waals surface area contributed by atoms with Gasteiger partial charge in [-0.1, -0.05) is 66.7 Å². The minimum absolute atomic E-state index is 0.330. The van der Waals surface area contributed by atoms with Crippen LogP contribution < -0.4 is 0 Å². The van der Waals surface area contributed by atoms with E-state index in [1.807, 2.05) is 0 Å². The van der Waals surface area contributed by atoms with Crippen LogP contribution in [0.3, 0.4) is 0 Å². The van der Waals surface area contributed by atoms with E-state index in [1.165, 1.54) is 62.9 Å². The molecule has 2 aromatic rings. The molecule has 1 nitrogen and oxygen atoms in total. The zero-order valence-electron chi connectivity index (χ0n) is 14.5. The van der Waals surface area contributed by atoms with Crippen LogP contribution in [0.5, 0.6) is 0 Å². The first kappa shape index (κ1) is 15.7. The summed E-state index contributed by atoms with van der Waals surface area (Å²) in [4.78, 5) is 2.67.